The van der Waals surface area contributed by atoms with Gasteiger partial charge in [0.15, 0.2) is 0 Å². The predicted molar refractivity (Wildman–Crippen MR) is 202 cm³/mol. The van der Waals surface area contributed by atoms with E-state index in [4.69, 9.17) is 17.2 Å². The molecule has 53 heavy (non-hydrogen) atoms. The Morgan fingerprint density at radius 2 is 0.849 bits per heavy atom. The predicted octanol–water partition coefficient (Wildman–Crippen LogP) is -0.823. The molecule has 0 aromatic heterocycles. The summed E-state index contributed by atoms with van der Waals surface area (Å²) in [7, 11) is 0. The van der Waals surface area contributed by atoms with E-state index < -0.39 is 95.5 Å². The fourth-order valence-electron chi connectivity index (χ4n) is 5.55. The molecule has 0 aliphatic heterocycles. The van der Waals surface area contributed by atoms with Crippen molar-refractivity contribution < 1.29 is 38.7 Å². The van der Waals surface area contributed by atoms with Crippen molar-refractivity contribution in [1.82, 2.24) is 31.9 Å². The average molecular weight is 756 g/mol. The molecule has 0 aliphatic carbocycles. The molecule has 0 bridgehead atoms. The number of hydrogen-bond acceptors (Lipinski definition) is 10. The molecule has 10 atom stereocenters. The third kappa shape index (κ3) is 17.7. The van der Waals surface area contributed by atoms with E-state index in [0.29, 0.717) is 58.0 Å². The second-order valence-electron chi connectivity index (χ2n) is 14.1. The summed E-state index contributed by atoms with van der Waals surface area (Å²) in [5.74, 6) is -5.60. The average Bonchev–Trinajstić information content (AvgIpc) is 3.11. The van der Waals surface area contributed by atoms with Crippen LogP contribution >= 0.6 is 0 Å². The summed E-state index contributed by atoms with van der Waals surface area (Å²) in [6, 6.07) is -6.68. The Kier molecular flexibility index (Phi) is 24.1. The second-order valence-corrected chi connectivity index (χ2v) is 14.1. The van der Waals surface area contributed by atoms with E-state index in [2.05, 4.69) is 31.9 Å². The van der Waals surface area contributed by atoms with E-state index in [1.807, 2.05) is 20.8 Å². The van der Waals surface area contributed by atoms with Crippen LogP contribution in [0.5, 0.6) is 0 Å². The monoisotopic (exact) mass is 756 g/mol. The molecule has 0 spiro atoms. The van der Waals surface area contributed by atoms with Crippen molar-refractivity contribution in [2.45, 2.75) is 156 Å². The van der Waals surface area contributed by atoms with Gasteiger partial charge in [0.05, 0.1) is 6.10 Å². The summed E-state index contributed by atoms with van der Waals surface area (Å²) in [5.41, 5.74) is 16.9. The normalized spacial score (nSPS) is 16.9. The number of hydrogen-bond donors (Lipinski definition) is 10. The number of amides is 7. The largest absolute Gasteiger partial charge is 0.391 e. The summed E-state index contributed by atoms with van der Waals surface area (Å²) in [5, 5.41) is 26.1. The van der Waals surface area contributed by atoms with Gasteiger partial charge >= 0.3 is 0 Å². The zero-order chi connectivity index (χ0) is 40.8. The van der Waals surface area contributed by atoms with Crippen LogP contribution in [0.4, 0.5) is 0 Å². The van der Waals surface area contributed by atoms with Crippen molar-refractivity contribution in [1.29, 1.82) is 0 Å². The lowest BCUT2D eigenvalue weighted by Crippen LogP contribution is -2.62. The molecule has 0 fully saturated rings. The van der Waals surface area contributed by atoms with Crippen molar-refractivity contribution in [3.8, 4) is 0 Å². The smallest absolute Gasteiger partial charge is 0.245 e. The van der Waals surface area contributed by atoms with Crippen molar-refractivity contribution in [2.24, 2.45) is 35.0 Å². The van der Waals surface area contributed by atoms with Gasteiger partial charge in [-0.2, -0.15) is 0 Å². The highest BCUT2D eigenvalue weighted by atomic mass is 16.3. The number of carbonyl (C=O) groups excluding carboxylic acids is 7. The first-order valence-electron chi connectivity index (χ1n) is 19.1. The molecular weight excluding hydrogens is 686 g/mol. The lowest BCUT2D eigenvalue weighted by molar-refractivity contribution is -0.137. The first-order chi connectivity index (χ1) is 24.9. The lowest BCUT2D eigenvalue weighted by Gasteiger charge is -2.31. The number of nitrogens with one attached hydrogen (secondary N) is 6. The highest BCUT2D eigenvalue weighted by Crippen LogP contribution is 2.15. The standard InChI is InChI=1S/C36H69N9O8/c1-9-20(4)27(31(39)48)43-32(49)25(16-12-14-18-37)41-34(51)28(21(5)10-2)45-35(52)29(22(6)11-3)44-33(50)26(17-13-15-19-38)42-36(53)30(23(7)46)40-24(8)47/h20-23,25-30,46H,9-19,37-38H2,1-8H3,(H2,39,48)(H,40,47)(H,41,51)(H,42,53)(H,43,49)(H,44,50)(H,45,52)/t20-,21-,22-,23+,25-,26-,27-,28-,29-,30-/m0/s1. The molecule has 7 amide bonds. The minimum absolute atomic E-state index is 0.162. The highest BCUT2D eigenvalue weighted by Gasteiger charge is 2.36. The van der Waals surface area contributed by atoms with Crippen molar-refractivity contribution >= 4 is 41.4 Å². The van der Waals surface area contributed by atoms with Crippen LogP contribution in [0.15, 0.2) is 0 Å². The van der Waals surface area contributed by atoms with Crippen LogP contribution < -0.4 is 49.1 Å². The van der Waals surface area contributed by atoms with Gasteiger partial charge in [0.1, 0.15) is 36.3 Å². The van der Waals surface area contributed by atoms with Crippen LogP contribution in [0, 0.1) is 17.8 Å². The van der Waals surface area contributed by atoms with E-state index in [9.17, 15) is 38.7 Å². The van der Waals surface area contributed by atoms with Crippen molar-refractivity contribution in [3.63, 3.8) is 0 Å². The zero-order valence-corrected chi connectivity index (χ0v) is 33.1. The topological polar surface area (TPSA) is 290 Å². The molecule has 306 valence electrons. The Labute approximate surface area is 315 Å². The summed E-state index contributed by atoms with van der Waals surface area (Å²) in [4.78, 5) is 91.9. The quantitative estimate of drug-likeness (QED) is 0.0465. The molecular formula is C36H69N9O8. The molecule has 0 unspecified atom stereocenters. The summed E-state index contributed by atoms with van der Waals surface area (Å²) in [6.45, 7) is 14.1. The van der Waals surface area contributed by atoms with Crippen molar-refractivity contribution in [3.05, 3.63) is 0 Å². The van der Waals surface area contributed by atoms with Gasteiger partial charge in [0.25, 0.3) is 0 Å². The second kappa shape index (κ2) is 26.0. The Morgan fingerprint density at radius 3 is 1.19 bits per heavy atom. The van der Waals surface area contributed by atoms with Gasteiger partial charge in [0, 0.05) is 6.92 Å². The highest BCUT2D eigenvalue weighted by molar-refractivity contribution is 5.97. The molecule has 13 N–H and O–H groups in total. The molecule has 0 saturated heterocycles. The molecule has 0 aromatic carbocycles. The van der Waals surface area contributed by atoms with Gasteiger partial charge in [-0.05, 0) is 76.3 Å². The summed E-state index contributed by atoms with van der Waals surface area (Å²) < 4.78 is 0. The maximum atomic E-state index is 14.0. The van der Waals surface area contributed by atoms with Crippen LogP contribution in [0.2, 0.25) is 0 Å². The van der Waals surface area contributed by atoms with Crippen LogP contribution in [-0.4, -0.2) is 102 Å². The van der Waals surface area contributed by atoms with E-state index in [1.165, 1.54) is 13.8 Å². The number of unbranched alkanes of at least 4 members (excludes halogenated alkanes) is 2. The van der Waals surface area contributed by atoms with E-state index >= 15 is 0 Å². The Morgan fingerprint density at radius 1 is 0.509 bits per heavy atom. The van der Waals surface area contributed by atoms with Crippen LogP contribution in [0.25, 0.3) is 0 Å². The van der Waals surface area contributed by atoms with E-state index in [-0.39, 0.29) is 18.8 Å². The summed E-state index contributed by atoms with van der Waals surface area (Å²) >= 11 is 0. The molecule has 0 heterocycles. The number of aliphatic hydroxyl groups is 1. The summed E-state index contributed by atoms with van der Waals surface area (Å²) in [6.07, 6.45) is 2.77. The van der Waals surface area contributed by atoms with Gasteiger partial charge < -0.3 is 54.2 Å². The number of nitrogens with two attached hydrogens (primary N) is 3. The molecule has 0 rings (SSSR count). The maximum absolute atomic E-state index is 14.0. The minimum Gasteiger partial charge on any atom is -0.391 e. The first-order valence-corrected chi connectivity index (χ1v) is 19.1. The fourth-order valence-corrected chi connectivity index (χ4v) is 5.55. The molecule has 0 saturated carbocycles. The first kappa shape index (κ1) is 49.2. The van der Waals surface area contributed by atoms with Gasteiger partial charge in [-0.3, -0.25) is 33.6 Å². The Hall–Kier alpha value is -3.83. The number of primary amides is 1. The number of rotatable bonds is 27. The van der Waals surface area contributed by atoms with Gasteiger partial charge in [0.2, 0.25) is 41.4 Å². The van der Waals surface area contributed by atoms with Gasteiger partial charge in [-0.1, -0.05) is 60.8 Å². The van der Waals surface area contributed by atoms with Crippen molar-refractivity contribution in [2.75, 3.05) is 13.1 Å². The molecule has 0 aromatic rings. The molecule has 0 aliphatic rings. The van der Waals surface area contributed by atoms with Gasteiger partial charge in [-0.15, -0.1) is 0 Å². The fraction of sp³-hybridized carbons (Fsp3) is 0.806. The molecule has 0 radical (unpaired) electrons. The minimum atomic E-state index is -1.32. The zero-order valence-electron chi connectivity index (χ0n) is 33.1. The Balaban J connectivity index is 6.36. The molecule has 17 nitrogen and oxygen atoms in total. The van der Waals surface area contributed by atoms with Crippen LogP contribution in [-0.2, 0) is 33.6 Å². The number of carbonyl (C=O) groups is 7. The van der Waals surface area contributed by atoms with Gasteiger partial charge in [-0.25, -0.2) is 0 Å². The third-order valence-corrected chi connectivity index (χ3v) is 9.69. The Bertz CT molecular complexity index is 1190. The van der Waals surface area contributed by atoms with Crippen LogP contribution in [0.3, 0.4) is 0 Å². The maximum Gasteiger partial charge on any atom is 0.245 e. The third-order valence-electron chi connectivity index (χ3n) is 9.69. The van der Waals surface area contributed by atoms with Crippen LogP contribution in [0.1, 0.15) is 113 Å². The molecule has 17 heteroatoms. The van der Waals surface area contributed by atoms with E-state index in [0.717, 1.165) is 0 Å². The SMILES string of the molecule is CC[C@H](C)[C@H](NC(=O)[C@H](CCCCN)NC(=O)[C@@H](NC(=O)[C@@H](NC(=O)[C@H](CCCCN)NC(=O)[C@@H](NC(C)=O)[C@@H](C)O)[C@@H](C)CC)[C@@H](C)CC)C(N)=O. The van der Waals surface area contributed by atoms with E-state index in [1.54, 1.807) is 20.8 Å². The lowest BCUT2D eigenvalue weighted by atomic mass is 9.94. The number of aliphatic hydroxyl groups excluding tert-OH is 1.